The van der Waals surface area contributed by atoms with Crippen molar-refractivity contribution < 1.29 is 4.92 Å². The van der Waals surface area contributed by atoms with E-state index in [1.807, 2.05) is 0 Å². The molecule has 0 aromatic carbocycles. The van der Waals surface area contributed by atoms with Crippen molar-refractivity contribution in [3.8, 4) is 0 Å². The van der Waals surface area contributed by atoms with Crippen LogP contribution in [0.15, 0.2) is 6.20 Å². The van der Waals surface area contributed by atoms with Crippen molar-refractivity contribution in [1.29, 1.82) is 0 Å². The highest BCUT2D eigenvalue weighted by Gasteiger charge is 2.19. The van der Waals surface area contributed by atoms with Crippen LogP contribution >= 0.6 is 24.4 Å². The molecule has 0 aliphatic carbocycles. The molecule has 1 aromatic heterocycles. The number of rotatable bonds is 4. The van der Waals surface area contributed by atoms with Crippen LogP contribution < -0.4 is 10.9 Å². The van der Waals surface area contributed by atoms with Crippen molar-refractivity contribution in [2.75, 3.05) is 0 Å². The topological polar surface area (TPSA) is 85.0 Å². The molecule has 0 spiro atoms. The third kappa shape index (κ3) is 2.44. The monoisotopic (exact) mass is 245 g/mol. The Morgan fingerprint density at radius 2 is 2.47 bits per heavy atom. The summed E-state index contributed by atoms with van der Waals surface area (Å²) in [6.07, 6.45) is 1.14. The Hall–Kier alpha value is -1.61. The van der Waals surface area contributed by atoms with E-state index in [2.05, 4.69) is 28.1 Å². The summed E-state index contributed by atoms with van der Waals surface area (Å²) in [6, 6.07) is 0. The van der Waals surface area contributed by atoms with E-state index in [9.17, 15) is 10.1 Å². The Bertz CT molecular complexity index is 416. The van der Waals surface area contributed by atoms with Gasteiger partial charge in [-0.2, -0.15) is 0 Å². The highest BCUT2D eigenvalue weighted by atomic mass is 32.1. The molecule has 0 aliphatic rings. The fourth-order valence-corrected chi connectivity index (χ4v) is 1.24. The van der Waals surface area contributed by atoms with Crippen LogP contribution in [-0.4, -0.2) is 25.0 Å². The van der Waals surface area contributed by atoms with Crippen LogP contribution in [-0.2, 0) is 7.05 Å². The molecule has 0 amide bonds. The number of nitro groups is 1. The maximum atomic E-state index is 10.5. The Balaban J connectivity index is 2.91. The molecule has 1 rings (SSSR count). The minimum atomic E-state index is -0.536. The molecule has 0 radical (unpaired) electrons. The highest BCUT2D eigenvalue weighted by Crippen LogP contribution is 2.11. The third-order valence-corrected chi connectivity index (χ3v) is 2.00. The smallest absolute Gasteiger partial charge is 0.342 e. The minimum Gasteiger partial charge on any atom is -0.358 e. The molecule has 7 nitrogen and oxygen atoms in total. The van der Waals surface area contributed by atoms with Gasteiger partial charge in [0.25, 0.3) is 5.82 Å². The molecule has 0 saturated heterocycles. The van der Waals surface area contributed by atoms with Crippen molar-refractivity contribution in [2.24, 2.45) is 7.05 Å². The third-order valence-electron chi connectivity index (χ3n) is 1.60. The van der Waals surface area contributed by atoms with E-state index in [1.54, 1.807) is 0 Å². The summed E-state index contributed by atoms with van der Waals surface area (Å²) in [5.41, 5.74) is 6.27. The van der Waals surface area contributed by atoms with E-state index in [0.29, 0.717) is 5.82 Å². The lowest BCUT2D eigenvalue weighted by Crippen LogP contribution is -2.36. The first-order valence-corrected chi connectivity index (χ1v) is 4.61. The summed E-state index contributed by atoms with van der Waals surface area (Å²) >= 11 is 9.43. The van der Waals surface area contributed by atoms with E-state index in [4.69, 9.17) is 12.2 Å². The summed E-state index contributed by atoms with van der Waals surface area (Å²) in [6.45, 7) is 0. The Labute approximate surface area is 95.6 Å². The summed E-state index contributed by atoms with van der Waals surface area (Å²) in [5.74, 6) is 0.164. The number of imidazole rings is 1. The number of nitrogens with zero attached hydrogens (tertiary/aromatic N) is 3. The molecular weight excluding hydrogens is 238 g/mol. The second-order valence-electron chi connectivity index (χ2n) is 2.47. The van der Waals surface area contributed by atoms with Crippen LogP contribution in [0.25, 0.3) is 0 Å². The molecule has 1 heterocycles. The summed E-state index contributed by atoms with van der Waals surface area (Å²) < 4.78 is 1.28. The number of hydrogen-bond donors (Lipinski definition) is 2. The fourth-order valence-electron chi connectivity index (χ4n) is 0.932. The zero-order valence-electron chi connectivity index (χ0n) is 7.63. The molecule has 9 heteroatoms. The molecule has 80 valence electrons. The normalized spacial score (nSPS) is 9.40. The van der Waals surface area contributed by atoms with Crippen LogP contribution in [0.1, 0.15) is 5.82 Å². The van der Waals surface area contributed by atoms with Gasteiger partial charge in [-0.1, -0.05) is 24.4 Å². The van der Waals surface area contributed by atoms with E-state index in [-0.39, 0.29) is 10.8 Å². The minimum absolute atomic E-state index is 0.128. The molecule has 0 bridgehead atoms. The maximum Gasteiger partial charge on any atom is 0.342 e. The first kappa shape index (κ1) is 11.5. The van der Waals surface area contributed by atoms with Gasteiger partial charge in [0.1, 0.15) is 6.20 Å². The van der Waals surface area contributed by atoms with E-state index in [0.717, 1.165) is 6.20 Å². The molecule has 2 N–H and O–H groups in total. The number of thiocarbonyl (C=S) groups is 2. The van der Waals surface area contributed by atoms with Gasteiger partial charge in [-0.25, -0.2) is 9.55 Å². The lowest BCUT2D eigenvalue weighted by molar-refractivity contribution is -0.391. The average molecular weight is 245 g/mol. The standard InChI is InChI=1S/C6H7N5O2S2/c1-10-4(11(12)13)2-7-5(10)6(15)9-8-3-14/h2-3H,1H3,(H,8,14)(H,9,15). The lowest BCUT2D eigenvalue weighted by atomic mass is 10.6. The van der Waals surface area contributed by atoms with Gasteiger partial charge in [0.05, 0.1) is 12.5 Å². The second-order valence-corrected chi connectivity index (χ2v) is 3.12. The maximum absolute atomic E-state index is 10.5. The number of hydrazine groups is 1. The summed E-state index contributed by atoms with van der Waals surface area (Å²) in [4.78, 5) is 14.0. The van der Waals surface area contributed by atoms with Crippen LogP contribution in [0.4, 0.5) is 5.82 Å². The Morgan fingerprint density at radius 1 is 1.80 bits per heavy atom. The Kier molecular flexibility index (Phi) is 3.63. The van der Waals surface area contributed by atoms with Crippen molar-refractivity contribution in [3.63, 3.8) is 0 Å². The number of aromatic nitrogens is 2. The van der Waals surface area contributed by atoms with Gasteiger partial charge in [0, 0.05) is 0 Å². The van der Waals surface area contributed by atoms with Crippen LogP contribution in [0.3, 0.4) is 0 Å². The van der Waals surface area contributed by atoms with Crippen molar-refractivity contribution in [3.05, 3.63) is 22.1 Å². The SMILES string of the molecule is Cn1c([N+](=O)[O-])cnc1C(=S)NNC=S. The first-order valence-electron chi connectivity index (χ1n) is 3.73. The molecule has 1 aromatic rings. The molecule has 0 fully saturated rings. The van der Waals surface area contributed by atoms with E-state index >= 15 is 0 Å². The highest BCUT2D eigenvalue weighted by molar-refractivity contribution is 7.80. The molecular formula is C6H7N5O2S2. The van der Waals surface area contributed by atoms with Crippen LogP contribution in [0.2, 0.25) is 0 Å². The van der Waals surface area contributed by atoms with Crippen molar-refractivity contribution in [1.82, 2.24) is 20.4 Å². The molecule has 0 aliphatic heterocycles. The van der Waals surface area contributed by atoms with Gasteiger partial charge in [-0.3, -0.25) is 10.9 Å². The Morgan fingerprint density at radius 3 is 2.93 bits per heavy atom. The van der Waals surface area contributed by atoms with Crippen molar-refractivity contribution in [2.45, 2.75) is 0 Å². The van der Waals surface area contributed by atoms with E-state index in [1.165, 1.54) is 17.1 Å². The van der Waals surface area contributed by atoms with Gasteiger partial charge in [-0.05, 0) is 4.92 Å². The lowest BCUT2D eigenvalue weighted by Gasteiger charge is -2.03. The second kappa shape index (κ2) is 4.75. The largest absolute Gasteiger partial charge is 0.358 e. The predicted molar refractivity (Wildman–Crippen MR) is 61.5 cm³/mol. The first-order chi connectivity index (χ1) is 7.07. The van der Waals surface area contributed by atoms with Gasteiger partial charge in [-0.15, -0.1) is 0 Å². The number of nitrogens with one attached hydrogen (secondary N) is 2. The van der Waals surface area contributed by atoms with Gasteiger partial charge in [0.15, 0.2) is 4.99 Å². The summed E-state index contributed by atoms with van der Waals surface area (Å²) in [7, 11) is 1.51. The quantitative estimate of drug-likeness (QED) is 0.440. The molecule has 0 atom stereocenters. The fraction of sp³-hybridized carbons (Fsp3) is 0.167. The van der Waals surface area contributed by atoms with E-state index < -0.39 is 4.92 Å². The molecule has 15 heavy (non-hydrogen) atoms. The zero-order valence-corrected chi connectivity index (χ0v) is 9.26. The number of hydrogen-bond acceptors (Lipinski definition) is 5. The van der Waals surface area contributed by atoms with Crippen LogP contribution in [0, 0.1) is 10.1 Å². The van der Waals surface area contributed by atoms with Crippen molar-refractivity contribution >= 4 is 40.7 Å². The predicted octanol–water partition coefficient (Wildman–Crippen LogP) is 0.0552. The average Bonchev–Trinajstić information content (AvgIpc) is 2.56. The summed E-state index contributed by atoms with van der Waals surface area (Å²) in [5, 5.41) is 10.5. The molecule has 0 saturated carbocycles. The van der Waals surface area contributed by atoms with Gasteiger partial charge < -0.3 is 10.1 Å². The molecule has 0 unspecified atom stereocenters. The zero-order chi connectivity index (χ0) is 11.4. The van der Waals surface area contributed by atoms with Gasteiger partial charge in [0.2, 0.25) is 0 Å². The van der Waals surface area contributed by atoms with Gasteiger partial charge >= 0.3 is 5.82 Å². The van der Waals surface area contributed by atoms with Crippen LogP contribution in [0.5, 0.6) is 0 Å².